The Balaban J connectivity index is 2.79. The predicted octanol–water partition coefficient (Wildman–Crippen LogP) is 1.76. The lowest BCUT2D eigenvalue weighted by Crippen LogP contribution is -2.41. The standard InChI is InChI=1S/C8H15ClO3S/c1-8(2,13(9,10)11)7-4-3-5-12-6-7/h7H,3-6H2,1-2H3. The normalized spacial score (nSPS) is 25.9. The van der Waals surface area contributed by atoms with Crippen molar-refractivity contribution in [2.75, 3.05) is 13.2 Å². The molecule has 1 aliphatic rings. The van der Waals surface area contributed by atoms with E-state index < -0.39 is 13.8 Å². The van der Waals surface area contributed by atoms with E-state index in [0.717, 1.165) is 19.4 Å². The van der Waals surface area contributed by atoms with Crippen LogP contribution < -0.4 is 0 Å². The molecule has 1 aliphatic heterocycles. The molecule has 78 valence electrons. The molecule has 13 heavy (non-hydrogen) atoms. The topological polar surface area (TPSA) is 43.4 Å². The van der Waals surface area contributed by atoms with Crippen molar-refractivity contribution in [1.82, 2.24) is 0 Å². The molecule has 1 atom stereocenters. The molecule has 0 spiro atoms. The summed E-state index contributed by atoms with van der Waals surface area (Å²) in [5.41, 5.74) is 0. The van der Waals surface area contributed by atoms with Crippen LogP contribution in [0, 0.1) is 5.92 Å². The van der Waals surface area contributed by atoms with Gasteiger partial charge < -0.3 is 4.74 Å². The van der Waals surface area contributed by atoms with Gasteiger partial charge in [-0.05, 0) is 26.7 Å². The second-order valence-corrected chi connectivity index (χ2v) is 7.10. The molecule has 1 unspecified atom stereocenters. The highest BCUT2D eigenvalue weighted by atomic mass is 35.7. The molecule has 0 bridgehead atoms. The highest BCUT2D eigenvalue weighted by molar-refractivity contribution is 8.14. The van der Waals surface area contributed by atoms with Gasteiger partial charge in [0.25, 0.3) is 0 Å². The zero-order valence-corrected chi connectivity index (χ0v) is 9.49. The Morgan fingerprint density at radius 1 is 1.46 bits per heavy atom. The van der Waals surface area contributed by atoms with Gasteiger partial charge >= 0.3 is 0 Å². The monoisotopic (exact) mass is 226 g/mol. The van der Waals surface area contributed by atoms with Gasteiger partial charge in [0.1, 0.15) is 0 Å². The van der Waals surface area contributed by atoms with Crippen molar-refractivity contribution >= 4 is 19.7 Å². The third-order valence-electron chi connectivity index (χ3n) is 2.77. The van der Waals surface area contributed by atoms with Crippen molar-refractivity contribution in [3.63, 3.8) is 0 Å². The summed E-state index contributed by atoms with van der Waals surface area (Å²) in [5, 5.41) is 0. The Kier molecular flexibility index (Phi) is 3.25. The lowest BCUT2D eigenvalue weighted by Gasteiger charge is -2.33. The van der Waals surface area contributed by atoms with Crippen molar-refractivity contribution in [3.8, 4) is 0 Å². The second kappa shape index (κ2) is 3.75. The highest BCUT2D eigenvalue weighted by Gasteiger charge is 2.41. The summed E-state index contributed by atoms with van der Waals surface area (Å²) in [7, 11) is 1.87. The molecule has 1 saturated heterocycles. The van der Waals surface area contributed by atoms with Crippen LogP contribution in [0.5, 0.6) is 0 Å². The molecular formula is C8H15ClO3S. The van der Waals surface area contributed by atoms with E-state index in [2.05, 4.69) is 0 Å². The van der Waals surface area contributed by atoms with E-state index in [-0.39, 0.29) is 5.92 Å². The van der Waals surface area contributed by atoms with Crippen LogP contribution in [0.4, 0.5) is 0 Å². The van der Waals surface area contributed by atoms with Crippen molar-refractivity contribution in [2.45, 2.75) is 31.4 Å². The molecule has 1 heterocycles. The summed E-state index contributed by atoms with van der Waals surface area (Å²) in [6.45, 7) is 4.55. The van der Waals surface area contributed by atoms with E-state index in [1.807, 2.05) is 0 Å². The molecule has 0 N–H and O–H groups in total. The van der Waals surface area contributed by atoms with Crippen LogP contribution in [0.1, 0.15) is 26.7 Å². The fourth-order valence-corrected chi connectivity index (χ4v) is 2.45. The molecule has 0 radical (unpaired) electrons. The SMILES string of the molecule is CC(C)(C1CCCOC1)S(=O)(=O)Cl. The minimum atomic E-state index is -3.51. The van der Waals surface area contributed by atoms with Crippen molar-refractivity contribution in [3.05, 3.63) is 0 Å². The number of ether oxygens (including phenoxy) is 1. The first-order chi connectivity index (χ1) is 5.86. The van der Waals surface area contributed by atoms with Crippen LogP contribution >= 0.6 is 10.7 Å². The van der Waals surface area contributed by atoms with Crippen LogP contribution in [0.3, 0.4) is 0 Å². The molecule has 5 heteroatoms. The molecule has 0 aromatic rings. The smallest absolute Gasteiger partial charge is 0.238 e. The highest BCUT2D eigenvalue weighted by Crippen LogP contribution is 2.34. The molecular weight excluding hydrogens is 212 g/mol. The molecule has 0 amide bonds. The van der Waals surface area contributed by atoms with E-state index in [4.69, 9.17) is 15.4 Å². The lowest BCUT2D eigenvalue weighted by molar-refractivity contribution is 0.0427. The largest absolute Gasteiger partial charge is 0.381 e. The number of rotatable bonds is 2. The Bertz CT molecular complexity index is 265. The zero-order chi connectivity index (χ0) is 10.1. The van der Waals surface area contributed by atoms with Gasteiger partial charge in [0.05, 0.1) is 11.4 Å². The maximum atomic E-state index is 11.3. The number of hydrogen-bond donors (Lipinski definition) is 0. The molecule has 1 fully saturated rings. The van der Waals surface area contributed by atoms with Crippen molar-refractivity contribution < 1.29 is 13.2 Å². The van der Waals surface area contributed by atoms with E-state index in [9.17, 15) is 8.42 Å². The summed E-state index contributed by atoms with van der Waals surface area (Å²) >= 11 is 0. The van der Waals surface area contributed by atoms with Crippen LogP contribution in [-0.2, 0) is 13.8 Å². The van der Waals surface area contributed by atoms with Gasteiger partial charge in [0.2, 0.25) is 9.05 Å². The number of halogens is 1. The predicted molar refractivity (Wildman–Crippen MR) is 52.4 cm³/mol. The fourth-order valence-electron chi connectivity index (χ4n) is 1.49. The van der Waals surface area contributed by atoms with Gasteiger partial charge in [0, 0.05) is 23.2 Å². The summed E-state index contributed by atoms with van der Waals surface area (Å²) in [4.78, 5) is 0. The summed E-state index contributed by atoms with van der Waals surface area (Å²) in [6, 6.07) is 0. The Morgan fingerprint density at radius 3 is 2.46 bits per heavy atom. The Morgan fingerprint density at radius 2 is 2.08 bits per heavy atom. The van der Waals surface area contributed by atoms with Gasteiger partial charge in [-0.1, -0.05) is 0 Å². The first-order valence-corrected chi connectivity index (χ1v) is 6.68. The summed E-state index contributed by atoms with van der Waals surface area (Å²) in [5.74, 6) is 0.0174. The third kappa shape index (κ3) is 2.36. The van der Waals surface area contributed by atoms with Crippen LogP contribution in [0.15, 0.2) is 0 Å². The zero-order valence-electron chi connectivity index (χ0n) is 7.92. The van der Waals surface area contributed by atoms with E-state index >= 15 is 0 Å². The van der Waals surface area contributed by atoms with Gasteiger partial charge in [-0.25, -0.2) is 8.42 Å². The van der Waals surface area contributed by atoms with Crippen molar-refractivity contribution in [1.29, 1.82) is 0 Å². The maximum Gasteiger partial charge on any atom is 0.238 e. The maximum absolute atomic E-state index is 11.3. The van der Waals surface area contributed by atoms with Gasteiger partial charge in [-0.2, -0.15) is 0 Å². The average molecular weight is 227 g/mol. The lowest BCUT2D eigenvalue weighted by atomic mass is 9.90. The van der Waals surface area contributed by atoms with Crippen LogP contribution in [0.2, 0.25) is 0 Å². The first-order valence-electron chi connectivity index (χ1n) is 4.37. The summed E-state index contributed by atoms with van der Waals surface area (Å²) < 4.78 is 26.9. The molecule has 0 aliphatic carbocycles. The van der Waals surface area contributed by atoms with Gasteiger partial charge in [-0.3, -0.25) is 0 Å². The fraction of sp³-hybridized carbons (Fsp3) is 1.00. The van der Waals surface area contributed by atoms with E-state index in [1.54, 1.807) is 13.8 Å². The average Bonchev–Trinajstić information content (AvgIpc) is 2.04. The number of hydrogen-bond acceptors (Lipinski definition) is 3. The molecule has 3 nitrogen and oxygen atoms in total. The minimum Gasteiger partial charge on any atom is -0.381 e. The van der Waals surface area contributed by atoms with Crippen molar-refractivity contribution in [2.24, 2.45) is 5.92 Å². The van der Waals surface area contributed by atoms with E-state index in [1.165, 1.54) is 0 Å². The minimum absolute atomic E-state index is 0.0174. The molecule has 0 saturated carbocycles. The first kappa shape index (κ1) is 11.3. The molecule has 1 rings (SSSR count). The Labute approximate surface area is 83.8 Å². The van der Waals surface area contributed by atoms with Gasteiger partial charge in [0.15, 0.2) is 0 Å². The van der Waals surface area contributed by atoms with E-state index in [0.29, 0.717) is 6.61 Å². The third-order valence-corrected chi connectivity index (χ3v) is 5.56. The molecule has 0 aromatic carbocycles. The molecule has 0 aromatic heterocycles. The van der Waals surface area contributed by atoms with Crippen LogP contribution in [0.25, 0.3) is 0 Å². The van der Waals surface area contributed by atoms with Gasteiger partial charge in [-0.15, -0.1) is 0 Å². The summed E-state index contributed by atoms with van der Waals surface area (Å²) in [6.07, 6.45) is 1.79. The quantitative estimate of drug-likeness (QED) is 0.674. The second-order valence-electron chi connectivity index (χ2n) is 3.96. The van der Waals surface area contributed by atoms with Crippen LogP contribution in [-0.4, -0.2) is 26.4 Å². The Hall–Kier alpha value is 0.200.